The summed E-state index contributed by atoms with van der Waals surface area (Å²) in [6.45, 7) is 1.99. The van der Waals surface area contributed by atoms with E-state index in [4.69, 9.17) is 0 Å². The van der Waals surface area contributed by atoms with E-state index in [1.165, 1.54) is 5.69 Å². The average molecular weight is 366 g/mol. The van der Waals surface area contributed by atoms with Crippen LogP contribution >= 0.6 is 0 Å². The van der Waals surface area contributed by atoms with Gasteiger partial charge in [-0.2, -0.15) is 5.10 Å². The van der Waals surface area contributed by atoms with Crippen LogP contribution in [0.2, 0.25) is 0 Å². The molecule has 0 N–H and O–H groups in total. The number of aryl methyl sites for hydroxylation is 1. The number of hydrogen-bond donors (Lipinski definition) is 0. The largest absolute Gasteiger partial charge is 0.332 e. The molecule has 2 aliphatic heterocycles. The van der Waals surface area contributed by atoms with Crippen LogP contribution in [0, 0.1) is 12.8 Å². The summed E-state index contributed by atoms with van der Waals surface area (Å²) in [7, 11) is 0. The molecule has 2 bridgehead atoms. The number of Topliss-reactive ketones (excluding diaryl/α,β-unsaturated/α-hetero) is 1. The van der Waals surface area contributed by atoms with E-state index in [-0.39, 0.29) is 23.9 Å². The summed E-state index contributed by atoms with van der Waals surface area (Å²) >= 11 is 0. The summed E-state index contributed by atoms with van der Waals surface area (Å²) in [6.07, 6.45) is 9.85. The van der Waals surface area contributed by atoms with Crippen molar-refractivity contribution >= 4 is 17.3 Å². The number of amides is 1. The topological polar surface area (TPSA) is 67.6 Å². The van der Waals surface area contributed by atoms with Gasteiger partial charge in [-0.25, -0.2) is 9.50 Å². The Morgan fingerprint density at radius 2 is 2.15 bits per heavy atom. The normalized spacial score (nSPS) is 27.2. The van der Waals surface area contributed by atoms with E-state index in [1.54, 1.807) is 0 Å². The van der Waals surface area contributed by atoms with Crippen LogP contribution in [0.3, 0.4) is 0 Å². The van der Waals surface area contributed by atoms with Crippen LogP contribution in [0.1, 0.15) is 74.4 Å². The van der Waals surface area contributed by atoms with Crippen molar-refractivity contribution < 1.29 is 9.59 Å². The Labute approximate surface area is 158 Å². The van der Waals surface area contributed by atoms with Crippen LogP contribution in [-0.4, -0.2) is 37.2 Å². The fraction of sp³-hybridized carbons (Fsp3) is 0.619. The highest BCUT2D eigenvalue weighted by atomic mass is 16.2. The van der Waals surface area contributed by atoms with Crippen LogP contribution in [0.5, 0.6) is 0 Å². The fourth-order valence-corrected chi connectivity index (χ4v) is 5.37. The van der Waals surface area contributed by atoms with Gasteiger partial charge in [-0.1, -0.05) is 6.42 Å². The van der Waals surface area contributed by atoms with Gasteiger partial charge in [0.1, 0.15) is 5.78 Å². The molecule has 3 aliphatic rings. The molecule has 0 aromatic carbocycles. The molecule has 6 heteroatoms. The zero-order chi connectivity index (χ0) is 18.5. The Morgan fingerprint density at radius 1 is 1.26 bits per heavy atom. The highest BCUT2D eigenvalue weighted by Crippen LogP contribution is 2.44. The van der Waals surface area contributed by atoms with Gasteiger partial charge in [0.15, 0.2) is 5.65 Å². The van der Waals surface area contributed by atoms with Gasteiger partial charge in [0, 0.05) is 49.0 Å². The van der Waals surface area contributed by atoms with Gasteiger partial charge in [0.05, 0.1) is 17.4 Å². The summed E-state index contributed by atoms with van der Waals surface area (Å²) in [6, 6.07) is 2.38. The number of rotatable bonds is 3. The number of carbonyl (C=O) groups is 2. The second-order valence-corrected chi connectivity index (χ2v) is 8.42. The summed E-state index contributed by atoms with van der Waals surface area (Å²) < 4.78 is 1.97. The molecule has 2 aromatic rings. The lowest BCUT2D eigenvalue weighted by Crippen LogP contribution is -2.43. The predicted octanol–water partition coefficient (Wildman–Crippen LogP) is 3.17. The number of aromatic nitrogens is 3. The number of fused-ring (bicyclic) bond motifs is 6. The number of ketones is 1. The second-order valence-electron chi connectivity index (χ2n) is 8.42. The molecule has 1 aliphatic carbocycles. The minimum absolute atomic E-state index is 0.103. The van der Waals surface area contributed by atoms with E-state index in [9.17, 15) is 9.59 Å². The first kappa shape index (κ1) is 16.9. The molecular formula is C21H26N4O2. The van der Waals surface area contributed by atoms with E-state index in [0.717, 1.165) is 61.9 Å². The van der Waals surface area contributed by atoms with Gasteiger partial charge in [-0.3, -0.25) is 9.59 Å². The zero-order valence-electron chi connectivity index (χ0n) is 15.9. The summed E-state index contributed by atoms with van der Waals surface area (Å²) in [5.74, 6) is 0.677. The lowest BCUT2D eigenvalue weighted by Gasteiger charge is -2.36. The number of hydrogen-bond acceptors (Lipinski definition) is 4. The van der Waals surface area contributed by atoms with Crippen molar-refractivity contribution in [2.75, 3.05) is 0 Å². The van der Waals surface area contributed by atoms with Crippen molar-refractivity contribution in [1.29, 1.82) is 0 Å². The summed E-state index contributed by atoms with van der Waals surface area (Å²) in [5, 5.41) is 4.61. The van der Waals surface area contributed by atoms with Gasteiger partial charge in [-0.05, 0) is 39.0 Å². The second kappa shape index (κ2) is 6.43. The molecule has 3 atom stereocenters. The third-order valence-corrected chi connectivity index (χ3v) is 6.70. The molecule has 6 nitrogen and oxygen atoms in total. The monoisotopic (exact) mass is 366 g/mol. The van der Waals surface area contributed by atoms with E-state index < -0.39 is 0 Å². The SMILES string of the molecule is Cc1cc2ncc3c(n2n1)CC1CCC3N1C(=O)CCC1CCCCC1=O. The van der Waals surface area contributed by atoms with Gasteiger partial charge in [0.2, 0.25) is 5.91 Å². The first-order chi connectivity index (χ1) is 13.1. The molecule has 2 fully saturated rings. The standard InChI is InChI=1S/C21H26N4O2/c1-13-10-20-22-12-16-17-8-7-15(11-18(16)25(20)23-13)24(17)21(27)9-6-14-4-2-3-5-19(14)26/h10,12,14-15,17H,2-9,11H2,1H3. The molecule has 1 saturated carbocycles. The lowest BCUT2D eigenvalue weighted by molar-refractivity contribution is -0.135. The molecule has 0 spiro atoms. The number of nitrogens with zero attached hydrogens (tertiary/aromatic N) is 4. The molecule has 1 amide bonds. The Hall–Kier alpha value is -2.24. The van der Waals surface area contributed by atoms with Crippen molar-refractivity contribution in [3.63, 3.8) is 0 Å². The quantitative estimate of drug-likeness (QED) is 0.837. The van der Waals surface area contributed by atoms with Crippen molar-refractivity contribution in [2.45, 2.75) is 76.8 Å². The Kier molecular flexibility index (Phi) is 4.02. The van der Waals surface area contributed by atoms with Gasteiger partial charge in [-0.15, -0.1) is 0 Å². The van der Waals surface area contributed by atoms with Crippen LogP contribution in [0.15, 0.2) is 12.3 Å². The summed E-state index contributed by atoms with van der Waals surface area (Å²) in [4.78, 5) is 31.8. The highest BCUT2D eigenvalue weighted by molar-refractivity contribution is 5.83. The Balaban J connectivity index is 1.37. The maximum absolute atomic E-state index is 13.1. The molecule has 3 unspecified atom stereocenters. The third-order valence-electron chi connectivity index (χ3n) is 6.70. The highest BCUT2D eigenvalue weighted by Gasteiger charge is 2.43. The molecular weight excluding hydrogens is 340 g/mol. The van der Waals surface area contributed by atoms with Crippen LogP contribution < -0.4 is 0 Å². The van der Waals surface area contributed by atoms with E-state index in [2.05, 4.69) is 15.0 Å². The van der Waals surface area contributed by atoms with Gasteiger partial charge < -0.3 is 4.90 Å². The average Bonchev–Trinajstić information content (AvgIpc) is 3.19. The third kappa shape index (κ3) is 2.77. The molecule has 4 heterocycles. The van der Waals surface area contributed by atoms with Gasteiger partial charge >= 0.3 is 0 Å². The molecule has 2 aromatic heterocycles. The van der Waals surface area contributed by atoms with Crippen molar-refractivity contribution in [3.05, 3.63) is 29.2 Å². The first-order valence-electron chi connectivity index (χ1n) is 10.3. The molecule has 5 rings (SSSR count). The maximum Gasteiger partial charge on any atom is 0.223 e. The van der Waals surface area contributed by atoms with Crippen molar-refractivity contribution in [2.24, 2.45) is 5.92 Å². The minimum atomic E-state index is 0.103. The van der Waals surface area contributed by atoms with Crippen LogP contribution in [0.4, 0.5) is 0 Å². The molecule has 0 radical (unpaired) electrons. The predicted molar refractivity (Wildman–Crippen MR) is 100 cm³/mol. The van der Waals surface area contributed by atoms with Crippen LogP contribution in [-0.2, 0) is 16.0 Å². The molecule has 27 heavy (non-hydrogen) atoms. The Morgan fingerprint density at radius 3 is 3.00 bits per heavy atom. The first-order valence-corrected chi connectivity index (χ1v) is 10.3. The van der Waals surface area contributed by atoms with E-state index in [1.807, 2.05) is 23.7 Å². The van der Waals surface area contributed by atoms with Crippen LogP contribution in [0.25, 0.3) is 5.65 Å². The summed E-state index contributed by atoms with van der Waals surface area (Å²) in [5.41, 5.74) is 4.23. The maximum atomic E-state index is 13.1. The zero-order valence-corrected chi connectivity index (χ0v) is 15.9. The smallest absolute Gasteiger partial charge is 0.223 e. The minimum Gasteiger partial charge on any atom is -0.332 e. The van der Waals surface area contributed by atoms with Crippen molar-refractivity contribution in [1.82, 2.24) is 19.5 Å². The molecule has 1 saturated heterocycles. The van der Waals surface area contributed by atoms with Crippen molar-refractivity contribution in [3.8, 4) is 0 Å². The van der Waals surface area contributed by atoms with E-state index >= 15 is 0 Å². The lowest BCUT2D eigenvalue weighted by atomic mass is 9.84. The van der Waals surface area contributed by atoms with E-state index in [0.29, 0.717) is 18.6 Å². The Bertz CT molecular complexity index is 918. The fourth-order valence-electron chi connectivity index (χ4n) is 5.37. The molecule has 142 valence electrons. The number of carbonyl (C=O) groups excluding carboxylic acids is 2. The van der Waals surface area contributed by atoms with Gasteiger partial charge in [0.25, 0.3) is 0 Å².